The fraction of sp³-hybridized carbons (Fsp3) is 0.391. The number of anilines is 1. The molecule has 0 saturated carbocycles. The molecule has 0 radical (unpaired) electrons. The predicted octanol–water partition coefficient (Wildman–Crippen LogP) is 3.57. The number of hydrogen-bond acceptors (Lipinski definition) is 6. The number of nitrogens with one attached hydrogen (secondary N) is 1. The summed E-state index contributed by atoms with van der Waals surface area (Å²) in [6.45, 7) is 2.97. The molecule has 0 bridgehead atoms. The Morgan fingerprint density at radius 1 is 1.10 bits per heavy atom. The largest absolute Gasteiger partial charge is 0.497 e. The Hall–Kier alpha value is -3.06. The first-order chi connectivity index (χ1) is 14.5. The Morgan fingerprint density at radius 3 is 2.60 bits per heavy atom. The van der Waals surface area contributed by atoms with Gasteiger partial charge in [-0.1, -0.05) is 12.1 Å². The van der Waals surface area contributed by atoms with Crippen LogP contribution in [0.25, 0.3) is 0 Å². The first kappa shape index (κ1) is 21.6. The molecule has 160 valence electrons. The zero-order valence-electron chi connectivity index (χ0n) is 17.9. The Kier molecular flexibility index (Phi) is 6.95. The summed E-state index contributed by atoms with van der Waals surface area (Å²) in [4.78, 5) is 26.7. The number of likely N-dealkylation sites (tertiary alicyclic amines) is 1. The molecule has 1 atom stereocenters. The molecular formula is C23H28N2O5. The van der Waals surface area contributed by atoms with Crippen LogP contribution in [-0.2, 0) is 9.53 Å². The van der Waals surface area contributed by atoms with E-state index in [1.807, 2.05) is 25.1 Å². The predicted molar refractivity (Wildman–Crippen MR) is 114 cm³/mol. The van der Waals surface area contributed by atoms with Gasteiger partial charge >= 0.3 is 5.97 Å². The average molecular weight is 412 g/mol. The monoisotopic (exact) mass is 412 g/mol. The Morgan fingerprint density at radius 2 is 1.90 bits per heavy atom. The zero-order chi connectivity index (χ0) is 21.7. The van der Waals surface area contributed by atoms with Gasteiger partial charge in [-0.05, 0) is 50.1 Å². The molecule has 1 heterocycles. The number of methoxy groups -OCH3 is 3. The van der Waals surface area contributed by atoms with Gasteiger partial charge in [-0.3, -0.25) is 9.69 Å². The van der Waals surface area contributed by atoms with Crippen molar-refractivity contribution in [3.05, 3.63) is 53.1 Å². The SMILES string of the molecule is COC(=O)c1ccc(C)c(NC(=O)CN2CCCC2c2ccc(OC)cc2OC)c1. The van der Waals surface area contributed by atoms with Gasteiger partial charge < -0.3 is 19.5 Å². The number of amides is 1. The standard InChI is InChI=1S/C23H28N2O5/c1-15-7-8-16(23(27)30-4)12-19(15)24-22(26)14-25-11-5-6-20(25)18-10-9-17(28-2)13-21(18)29-3/h7-10,12-13,20H,5-6,11,14H2,1-4H3,(H,24,26). The molecule has 0 spiro atoms. The lowest BCUT2D eigenvalue weighted by molar-refractivity contribution is -0.117. The van der Waals surface area contributed by atoms with Crippen molar-refractivity contribution in [1.82, 2.24) is 4.90 Å². The van der Waals surface area contributed by atoms with Gasteiger partial charge in [0.2, 0.25) is 5.91 Å². The van der Waals surface area contributed by atoms with Crippen molar-refractivity contribution < 1.29 is 23.8 Å². The summed E-state index contributed by atoms with van der Waals surface area (Å²) in [6.07, 6.45) is 1.96. The molecule has 1 aliphatic rings. The van der Waals surface area contributed by atoms with Gasteiger partial charge in [-0.25, -0.2) is 4.79 Å². The lowest BCUT2D eigenvalue weighted by Crippen LogP contribution is -2.33. The molecule has 2 aromatic rings. The van der Waals surface area contributed by atoms with Crippen LogP contribution in [0, 0.1) is 6.92 Å². The summed E-state index contributed by atoms with van der Waals surface area (Å²) in [5, 5.41) is 2.94. The Bertz CT molecular complexity index is 928. The summed E-state index contributed by atoms with van der Waals surface area (Å²) in [7, 11) is 4.60. The van der Waals surface area contributed by atoms with Gasteiger partial charge in [0.1, 0.15) is 11.5 Å². The molecule has 0 aliphatic carbocycles. The fourth-order valence-electron chi connectivity index (χ4n) is 3.84. The maximum Gasteiger partial charge on any atom is 0.337 e. The van der Waals surface area contributed by atoms with Crippen LogP contribution in [-0.4, -0.2) is 51.2 Å². The third-order valence-corrected chi connectivity index (χ3v) is 5.44. The smallest absolute Gasteiger partial charge is 0.337 e. The number of esters is 1. The van der Waals surface area contributed by atoms with E-state index in [1.54, 1.807) is 32.4 Å². The summed E-state index contributed by atoms with van der Waals surface area (Å²) in [5.41, 5.74) is 2.94. The van der Waals surface area contributed by atoms with Crippen LogP contribution >= 0.6 is 0 Å². The van der Waals surface area contributed by atoms with Crippen LogP contribution in [0.3, 0.4) is 0 Å². The highest BCUT2D eigenvalue weighted by Gasteiger charge is 2.30. The van der Waals surface area contributed by atoms with E-state index in [0.29, 0.717) is 11.3 Å². The summed E-state index contributed by atoms with van der Waals surface area (Å²) < 4.78 is 15.6. The molecule has 3 rings (SSSR count). The maximum atomic E-state index is 12.8. The van der Waals surface area contributed by atoms with Crippen LogP contribution in [0.5, 0.6) is 11.5 Å². The zero-order valence-corrected chi connectivity index (χ0v) is 17.9. The van der Waals surface area contributed by atoms with Crippen LogP contribution in [0.4, 0.5) is 5.69 Å². The molecule has 7 heteroatoms. The first-order valence-electron chi connectivity index (χ1n) is 9.91. The van der Waals surface area contributed by atoms with Gasteiger partial charge in [0.15, 0.2) is 0 Å². The maximum absolute atomic E-state index is 12.8. The number of hydrogen-bond donors (Lipinski definition) is 1. The summed E-state index contributed by atoms with van der Waals surface area (Å²) >= 11 is 0. The molecular weight excluding hydrogens is 384 g/mol. The third kappa shape index (κ3) is 4.74. The van der Waals surface area contributed by atoms with Crippen molar-refractivity contribution in [2.45, 2.75) is 25.8 Å². The molecule has 1 unspecified atom stereocenters. The molecule has 1 amide bonds. The normalized spacial score (nSPS) is 16.2. The van der Waals surface area contributed by atoms with Crippen LogP contribution in [0.15, 0.2) is 36.4 Å². The fourth-order valence-corrected chi connectivity index (χ4v) is 3.84. The van der Waals surface area contributed by atoms with Crippen molar-refractivity contribution in [3.63, 3.8) is 0 Å². The highest BCUT2D eigenvalue weighted by molar-refractivity contribution is 5.96. The highest BCUT2D eigenvalue weighted by Crippen LogP contribution is 2.38. The van der Waals surface area contributed by atoms with Crippen LogP contribution in [0.1, 0.15) is 40.4 Å². The van der Waals surface area contributed by atoms with Crippen molar-refractivity contribution in [2.75, 3.05) is 39.7 Å². The summed E-state index contributed by atoms with van der Waals surface area (Å²) in [6, 6.07) is 11.0. The number of carbonyl (C=O) groups excluding carboxylic acids is 2. The minimum Gasteiger partial charge on any atom is -0.497 e. The van der Waals surface area contributed by atoms with E-state index in [4.69, 9.17) is 14.2 Å². The van der Waals surface area contributed by atoms with Crippen molar-refractivity contribution in [2.24, 2.45) is 0 Å². The topological polar surface area (TPSA) is 77.1 Å². The quantitative estimate of drug-likeness (QED) is 0.701. The summed E-state index contributed by atoms with van der Waals surface area (Å²) in [5.74, 6) is 0.934. The van der Waals surface area contributed by atoms with Crippen LogP contribution in [0.2, 0.25) is 0 Å². The van der Waals surface area contributed by atoms with Crippen molar-refractivity contribution >= 4 is 17.6 Å². The van der Waals surface area contributed by atoms with Gasteiger partial charge in [0, 0.05) is 23.4 Å². The van der Waals surface area contributed by atoms with E-state index in [9.17, 15) is 9.59 Å². The third-order valence-electron chi connectivity index (χ3n) is 5.44. The molecule has 30 heavy (non-hydrogen) atoms. The lowest BCUT2D eigenvalue weighted by Gasteiger charge is -2.26. The number of aryl methyl sites for hydroxylation is 1. The second kappa shape index (κ2) is 9.63. The van der Waals surface area contributed by atoms with Gasteiger partial charge in [-0.2, -0.15) is 0 Å². The minimum atomic E-state index is -0.434. The second-order valence-electron chi connectivity index (χ2n) is 7.31. The molecule has 0 aromatic heterocycles. The van der Waals surface area contributed by atoms with E-state index in [2.05, 4.69) is 10.2 Å². The van der Waals surface area contributed by atoms with E-state index < -0.39 is 5.97 Å². The second-order valence-corrected chi connectivity index (χ2v) is 7.31. The Balaban J connectivity index is 1.73. The number of benzene rings is 2. The van der Waals surface area contributed by atoms with E-state index >= 15 is 0 Å². The van der Waals surface area contributed by atoms with E-state index in [1.165, 1.54) is 7.11 Å². The Labute approximate surface area is 176 Å². The first-order valence-corrected chi connectivity index (χ1v) is 9.91. The number of nitrogens with zero attached hydrogens (tertiary/aromatic N) is 1. The number of carbonyl (C=O) groups is 2. The van der Waals surface area contributed by atoms with Gasteiger partial charge in [-0.15, -0.1) is 0 Å². The van der Waals surface area contributed by atoms with Crippen molar-refractivity contribution in [1.29, 1.82) is 0 Å². The molecule has 1 fully saturated rings. The lowest BCUT2D eigenvalue weighted by atomic mass is 10.0. The highest BCUT2D eigenvalue weighted by atomic mass is 16.5. The van der Waals surface area contributed by atoms with E-state index in [-0.39, 0.29) is 18.5 Å². The minimum absolute atomic E-state index is 0.0964. The average Bonchev–Trinajstić information content (AvgIpc) is 3.21. The van der Waals surface area contributed by atoms with Crippen LogP contribution < -0.4 is 14.8 Å². The molecule has 2 aromatic carbocycles. The molecule has 1 N–H and O–H groups in total. The number of ether oxygens (including phenoxy) is 3. The molecule has 1 aliphatic heterocycles. The number of rotatable bonds is 7. The molecule has 7 nitrogen and oxygen atoms in total. The van der Waals surface area contributed by atoms with Crippen molar-refractivity contribution in [3.8, 4) is 11.5 Å². The van der Waals surface area contributed by atoms with Gasteiger partial charge in [0.05, 0.1) is 33.4 Å². The molecule has 1 saturated heterocycles. The van der Waals surface area contributed by atoms with Gasteiger partial charge in [0.25, 0.3) is 0 Å². The van der Waals surface area contributed by atoms with E-state index in [0.717, 1.165) is 42.0 Å².